The average Bonchev–Trinajstić information content (AvgIpc) is 2.12. The van der Waals surface area contributed by atoms with Gasteiger partial charge in [0.05, 0.1) is 0 Å². The standard InChI is InChI=1S/C15H34N2/c1-13(2)8-9-17(7)12-15(5,6)11-16-10-14(3)4/h13-14,16H,8-12H2,1-7H3. The fourth-order valence-corrected chi connectivity index (χ4v) is 2.04. The predicted octanol–water partition coefficient (Wildman–Crippen LogP) is 3.24. The number of rotatable bonds is 9. The third-order valence-electron chi connectivity index (χ3n) is 2.94. The Labute approximate surface area is 109 Å². The van der Waals surface area contributed by atoms with Crippen LogP contribution in [0, 0.1) is 17.3 Å². The summed E-state index contributed by atoms with van der Waals surface area (Å²) >= 11 is 0. The molecule has 0 spiro atoms. The lowest BCUT2D eigenvalue weighted by Gasteiger charge is -2.31. The molecule has 0 aliphatic heterocycles. The van der Waals surface area contributed by atoms with Crippen molar-refractivity contribution in [3.8, 4) is 0 Å². The lowest BCUT2D eigenvalue weighted by atomic mass is 9.92. The van der Waals surface area contributed by atoms with Gasteiger partial charge in [0.1, 0.15) is 0 Å². The van der Waals surface area contributed by atoms with Gasteiger partial charge in [-0.05, 0) is 43.8 Å². The largest absolute Gasteiger partial charge is 0.316 e. The zero-order valence-corrected chi connectivity index (χ0v) is 13.1. The Morgan fingerprint density at radius 3 is 2.12 bits per heavy atom. The Morgan fingerprint density at radius 1 is 1.06 bits per heavy atom. The molecule has 1 N–H and O–H groups in total. The molecule has 0 aromatic heterocycles. The molecule has 2 heteroatoms. The predicted molar refractivity (Wildman–Crippen MR) is 78.4 cm³/mol. The third-order valence-corrected chi connectivity index (χ3v) is 2.94. The smallest absolute Gasteiger partial charge is 0.00418 e. The van der Waals surface area contributed by atoms with Gasteiger partial charge in [0.25, 0.3) is 0 Å². The highest BCUT2D eigenvalue weighted by Crippen LogP contribution is 2.15. The summed E-state index contributed by atoms with van der Waals surface area (Å²) in [4.78, 5) is 2.47. The first kappa shape index (κ1) is 16.9. The van der Waals surface area contributed by atoms with Crippen LogP contribution in [0.1, 0.15) is 48.0 Å². The number of hydrogen-bond acceptors (Lipinski definition) is 2. The molecule has 0 aliphatic rings. The van der Waals surface area contributed by atoms with Crippen LogP contribution in [-0.4, -0.2) is 38.1 Å². The second-order valence-corrected chi connectivity index (χ2v) is 7.11. The van der Waals surface area contributed by atoms with Gasteiger partial charge in [0.2, 0.25) is 0 Å². The Hall–Kier alpha value is -0.0800. The van der Waals surface area contributed by atoms with E-state index in [4.69, 9.17) is 0 Å². The van der Waals surface area contributed by atoms with Crippen molar-refractivity contribution in [2.75, 3.05) is 33.2 Å². The van der Waals surface area contributed by atoms with Crippen LogP contribution in [0.4, 0.5) is 0 Å². The quantitative estimate of drug-likeness (QED) is 0.668. The van der Waals surface area contributed by atoms with E-state index >= 15 is 0 Å². The minimum Gasteiger partial charge on any atom is -0.316 e. The summed E-state index contributed by atoms with van der Waals surface area (Å²) in [6.07, 6.45) is 1.30. The second-order valence-electron chi connectivity index (χ2n) is 7.11. The van der Waals surface area contributed by atoms with E-state index in [1.165, 1.54) is 19.5 Å². The van der Waals surface area contributed by atoms with Gasteiger partial charge in [-0.25, -0.2) is 0 Å². The first-order valence-electron chi connectivity index (χ1n) is 7.12. The second kappa shape index (κ2) is 8.10. The summed E-state index contributed by atoms with van der Waals surface area (Å²) in [6.45, 7) is 18.4. The molecule has 17 heavy (non-hydrogen) atoms. The van der Waals surface area contributed by atoms with Crippen LogP contribution >= 0.6 is 0 Å². The van der Waals surface area contributed by atoms with Gasteiger partial charge in [-0.3, -0.25) is 0 Å². The van der Waals surface area contributed by atoms with Crippen molar-refractivity contribution in [1.82, 2.24) is 10.2 Å². The van der Waals surface area contributed by atoms with Crippen LogP contribution in [0.5, 0.6) is 0 Å². The van der Waals surface area contributed by atoms with Gasteiger partial charge in [0.15, 0.2) is 0 Å². The van der Waals surface area contributed by atoms with Crippen LogP contribution in [0.2, 0.25) is 0 Å². The van der Waals surface area contributed by atoms with Gasteiger partial charge in [0, 0.05) is 13.1 Å². The molecule has 0 aromatic rings. The molecule has 0 aromatic carbocycles. The molecular weight excluding hydrogens is 208 g/mol. The van der Waals surface area contributed by atoms with Crippen molar-refractivity contribution in [1.29, 1.82) is 0 Å². The molecule has 0 unspecified atom stereocenters. The van der Waals surface area contributed by atoms with Crippen LogP contribution in [0.15, 0.2) is 0 Å². The summed E-state index contributed by atoms with van der Waals surface area (Å²) in [7, 11) is 2.24. The van der Waals surface area contributed by atoms with Crippen molar-refractivity contribution >= 4 is 0 Å². The lowest BCUT2D eigenvalue weighted by Crippen LogP contribution is -2.40. The van der Waals surface area contributed by atoms with E-state index in [0.717, 1.165) is 24.9 Å². The maximum absolute atomic E-state index is 3.57. The highest BCUT2D eigenvalue weighted by molar-refractivity contribution is 4.75. The van der Waals surface area contributed by atoms with Crippen LogP contribution in [-0.2, 0) is 0 Å². The first-order valence-corrected chi connectivity index (χ1v) is 7.12. The summed E-state index contributed by atoms with van der Waals surface area (Å²) in [5, 5.41) is 3.57. The lowest BCUT2D eigenvalue weighted by molar-refractivity contribution is 0.196. The van der Waals surface area contributed by atoms with E-state index in [1.54, 1.807) is 0 Å². The number of nitrogens with zero attached hydrogens (tertiary/aromatic N) is 1. The van der Waals surface area contributed by atoms with Gasteiger partial charge in [-0.2, -0.15) is 0 Å². The monoisotopic (exact) mass is 242 g/mol. The van der Waals surface area contributed by atoms with Crippen LogP contribution in [0.25, 0.3) is 0 Å². The fourth-order valence-electron chi connectivity index (χ4n) is 2.04. The molecule has 0 aliphatic carbocycles. The Bertz CT molecular complexity index is 185. The normalized spacial score (nSPS) is 13.1. The van der Waals surface area contributed by atoms with E-state index < -0.39 is 0 Å². The van der Waals surface area contributed by atoms with Crippen LogP contribution < -0.4 is 5.32 Å². The molecule has 0 bridgehead atoms. The SMILES string of the molecule is CC(C)CCN(C)CC(C)(C)CNCC(C)C. The Kier molecular flexibility index (Phi) is 8.06. The van der Waals surface area contributed by atoms with E-state index in [0.29, 0.717) is 5.41 Å². The molecule has 2 nitrogen and oxygen atoms in total. The number of nitrogens with one attached hydrogen (secondary N) is 1. The molecule has 0 radical (unpaired) electrons. The van der Waals surface area contributed by atoms with E-state index in [-0.39, 0.29) is 0 Å². The van der Waals surface area contributed by atoms with Crippen LogP contribution in [0.3, 0.4) is 0 Å². The van der Waals surface area contributed by atoms with Crippen molar-refractivity contribution in [2.45, 2.75) is 48.0 Å². The summed E-state index contributed by atoms with van der Waals surface area (Å²) < 4.78 is 0. The first-order chi connectivity index (χ1) is 7.73. The summed E-state index contributed by atoms with van der Waals surface area (Å²) in [5.74, 6) is 1.55. The van der Waals surface area contributed by atoms with Gasteiger partial charge < -0.3 is 10.2 Å². The highest BCUT2D eigenvalue weighted by Gasteiger charge is 2.19. The molecule has 0 atom stereocenters. The maximum atomic E-state index is 3.57. The molecule has 0 amide bonds. The molecule has 104 valence electrons. The molecule has 0 heterocycles. The molecule has 0 saturated heterocycles. The zero-order chi connectivity index (χ0) is 13.5. The van der Waals surface area contributed by atoms with E-state index in [1.807, 2.05) is 0 Å². The summed E-state index contributed by atoms with van der Waals surface area (Å²) in [6, 6.07) is 0. The van der Waals surface area contributed by atoms with Crippen molar-refractivity contribution in [3.05, 3.63) is 0 Å². The molecular formula is C15H34N2. The molecule has 0 saturated carbocycles. The molecule has 0 fully saturated rings. The Morgan fingerprint density at radius 2 is 1.65 bits per heavy atom. The third kappa shape index (κ3) is 10.8. The van der Waals surface area contributed by atoms with Gasteiger partial charge in [-0.1, -0.05) is 41.5 Å². The van der Waals surface area contributed by atoms with E-state index in [9.17, 15) is 0 Å². The Balaban J connectivity index is 3.81. The topological polar surface area (TPSA) is 15.3 Å². The summed E-state index contributed by atoms with van der Waals surface area (Å²) in [5.41, 5.74) is 0.362. The number of hydrogen-bond donors (Lipinski definition) is 1. The maximum Gasteiger partial charge on any atom is 0.00418 e. The van der Waals surface area contributed by atoms with Crippen molar-refractivity contribution < 1.29 is 0 Å². The molecule has 0 rings (SSSR count). The van der Waals surface area contributed by atoms with Crippen molar-refractivity contribution in [3.63, 3.8) is 0 Å². The minimum absolute atomic E-state index is 0.362. The zero-order valence-electron chi connectivity index (χ0n) is 13.1. The van der Waals surface area contributed by atoms with Crippen molar-refractivity contribution in [2.24, 2.45) is 17.3 Å². The fraction of sp³-hybridized carbons (Fsp3) is 1.00. The van der Waals surface area contributed by atoms with Gasteiger partial charge in [-0.15, -0.1) is 0 Å². The van der Waals surface area contributed by atoms with E-state index in [2.05, 4.69) is 58.8 Å². The average molecular weight is 242 g/mol. The highest BCUT2D eigenvalue weighted by atomic mass is 15.1. The van der Waals surface area contributed by atoms with Gasteiger partial charge >= 0.3 is 0 Å². The minimum atomic E-state index is 0.362.